The molecule has 0 bridgehead atoms. The zero-order chi connectivity index (χ0) is 21.8. The minimum atomic E-state index is 0.0260. The van der Waals surface area contributed by atoms with Crippen LogP contribution in [-0.4, -0.2) is 33.0 Å². The molecule has 2 aromatic carbocycles. The molecule has 1 amide bonds. The molecule has 2 aromatic heterocycles. The van der Waals surface area contributed by atoms with E-state index in [-0.39, 0.29) is 11.7 Å². The Morgan fingerprint density at radius 1 is 1.19 bits per heavy atom. The van der Waals surface area contributed by atoms with E-state index in [1.807, 2.05) is 59.7 Å². The summed E-state index contributed by atoms with van der Waals surface area (Å²) in [6.07, 6.45) is 3.43. The number of aromatic nitrogens is 3. The molecule has 0 spiro atoms. The molecule has 0 aliphatic rings. The van der Waals surface area contributed by atoms with Gasteiger partial charge >= 0.3 is 0 Å². The molecular formula is C24H24N4O2S. The van der Waals surface area contributed by atoms with Gasteiger partial charge in [0.25, 0.3) is 0 Å². The fourth-order valence-electron chi connectivity index (χ4n) is 3.63. The van der Waals surface area contributed by atoms with E-state index in [9.17, 15) is 4.79 Å². The Labute approximate surface area is 185 Å². The molecule has 0 aliphatic heterocycles. The van der Waals surface area contributed by atoms with Gasteiger partial charge in [0.2, 0.25) is 5.91 Å². The molecule has 0 saturated carbocycles. The summed E-state index contributed by atoms with van der Waals surface area (Å²) >= 11 is 1.38. The summed E-state index contributed by atoms with van der Waals surface area (Å²) in [5.74, 6) is 1.77. The van der Waals surface area contributed by atoms with Crippen LogP contribution in [0.5, 0.6) is 0 Å². The van der Waals surface area contributed by atoms with Crippen molar-refractivity contribution in [3.05, 3.63) is 73.2 Å². The summed E-state index contributed by atoms with van der Waals surface area (Å²) in [7, 11) is 0. The SMILES string of the molecule is C=CCn1c(SCC(=O)N(CC)c2cccc3ccccc23)nnc1-c1ccoc1C. The predicted molar refractivity (Wildman–Crippen MR) is 125 cm³/mol. The number of nitrogens with zero attached hydrogens (tertiary/aromatic N) is 4. The van der Waals surface area contributed by atoms with Crippen molar-refractivity contribution in [2.75, 3.05) is 17.2 Å². The minimum Gasteiger partial charge on any atom is -0.469 e. The van der Waals surface area contributed by atoms with Crippen LogP contribution in [0.25, 0.3) is 22.2 Å². The number of hydrogen-bond acceptors (Lipinski definition) is 5. The first-order chi connectivity index (χ1) is 15.1. The van der Waals surface area contributed by atoms with Crippen molar-refractivity contribution in [1.82, 2.24) is 14.8 Å². The maximum atomic E-state index is 13.2. The first-order valence-electron chi connectivity index (χ1n) is 10.1. The van der Waals surface area contributed by atoms with E-state index in [0.29, 0.717) is 24.1 Å². The first-order valence-corrected chi connectivity index (χ1v) is 11.1. The van der Waals surface area contributed by atoms with Crippen molar-refractivity contribution in [2.24, 2.45) is 0 Å². The molecule has 0 fully saturated rings. The molecule has 0 atom stereocenters. The molecule has 0 unspecified atom stereocenters. The van der Waals surface area contributed by atoms with Gasteiger partial charge in [-0.2, -0.15) is 0 Å². The van der Waals surface area contributed by atoms with Gasteiger partial charge in [0.05, 0.1) is 23.3 Å². The third-order valence-corrected chi connectivity index (χ3v) is 6.08. The van der Waals surface area contributed by atoms with Crippen molar-refractivity contribution < 1.29 is 9.21 Å². The van der Waals surface area contributed by atoms with E-state index in [4.69, 9.17) is 4.42 Å². The van der Waals surface area contributed by atoms with Gasteiger partial charge in [-0.15, -0.1) is 16.8 Å². The number of carbonyl (C=O) groups excluding carboxylic acids is 1. The van der Waals surface area contributed by atoms with Crippen molar-refractivity contribution >= 4 is 34.1 Å². The van der Waals surface area contributed by atoms with Gasteiger partial charge in [-0.05, 0) is 31.4 Å². The fourth-order valence-corrected chi connectivity index (χ4v) is 4.46. The summed E-state index contributed by atoms with van der Waals surface area (Å²) in [6.45, 7) is 8.86. The molecule has 31 heavy (non-hydrogen) atoms. The second-order valence-corrected chi connectivity index (χ2v) is 7.96. The molecular weight excluding hydrogens is 408 g/mol. The molecule has 0 saturated heterocycles. The van der Waals surface area contributed by atoms with Crippen LogP contribution in [0.2, 0.25) is 0 Å². The maximum absolute atomic E-state index is 13.2. The maximum Gasteiger partial charge on any atom is 0.237 e. The van der Waals surface area contributed by atoms with Crippen LogP contribution in [0.3, 0.4) is 0 Å². The van der Waals surface area contributed by atoms with Gasteiger partial charge in [0, 0.05) is 18.5 Å². The number of fused-ring (bicyclic) bond motifs is 1. The van der Waals surface area contributed by atoms with Crippen molar-refractivity contribution in [2.45, 2.75) is 25.5 Å². The van der Waals surface area contributed by atoms with Gasteiger partial charge in [-0.3, -0.25) is 9.36 Å². The topological polar surface area (TPSA) is 64.2 Å². The fraction of sp³-hybridized carbons (Fsp3) is 0.208. The Morgan fingerprint density at radius 3 is 2.74 bits per heavy atom. The summed E-state index contributed by atoms with van der Waals surface area (Å²) in [4.78, 5) is 15.0. The number of allylic oxidation sites excluding steroid dienone is 1. The van der Waals surface area contributed by atoms with Crippen LogP contribution in [0.4, 0.5) is 5.69 Å². The van der Waals surface area contributed by atoms with Crippen LogP contribution < -0.4 is 4.90 Å². The lowest BCUT2D eigenvalue weighted by Gasteiger charge is -2.22. The molecule has 0 aliphatic carbocycles. The van der Waals surface area contributed by atoms with Gasteiger partial charge in [-0.25, -0.2) is 0 Å². The monoisotopic (exact) mass is 432 g/mol. The zero-order valence-electron chi connectivity index (χ0n) is 17.6. The van der Waals surface area contributed by atoms with Crippen LogP contribution in [0, 0.1) is 6.92 Å². The van der Waals surface area contributed by atoms with E-state index in [0.717, 1.165) is 27.8 Å². The average molecular weight is 433 g/mol. The number of aryl methyl sites for hydroxylation is 1. The van der Waals surface area contributed by atoms with E-state index in [1.54, 1.807) is 12.3 Å². The second kappa shape index (κ2) is 9.22. The average Bonchev–Trinajstić information content (AvgIpc) is 3.38. The largest absolute Gasteiger partial charge is 0.469 e. The van der Waals surface area contributed by atoms with Crippen molar-refractivity contribution in [1.29, 1.82) is 0 Å². The van der Waals surface area contributed by atoms with Crippen LogP contribution in [-0.2, 0) is 11.3 Å². The normalized spacial score (nSPS) is 11.0. The van der Waals surface area contributed by atoms with Gasteiger partial charge < -0.3 is 9.32 Å². The number of carbonyl (C=O) groups is 1. The smallest absolute Gasteiger partial charge is 0.237 e. The highest BCUT2D eigenvalue weighted by Crippen LogP contribution is 2.29. The molecule has 2 heterocycles. The number of thioether (sulfide) groups is 1. The van der Waals surface area contributed by atoms with E-state index in [1.165, 1.54) is 11.8 Å². The summed E-state index contributed by atoms with van der Waals surface area (Å²) in [5, 5.41) is 11.5. The summed E-state index contributed by atoms with van der Waals surface area (Å²) in [5.41, 5.74) is 1.81. The zero-order valence-corrected chi connectivity index (χ0v) is 18.4. The number of rotatable bonds is 8. The van der Waals surface area contributed by atoms with E-state index >= 15 is 0 Å². The number of anilines is 1. The Balaban J connectivity index is 1.57. The van der Waals surface area contributed by atoms with E-state index < -0.39 is 0 Å². The van der Waals surface area contributed by atoms with Crippen LogP contribution >= 0.6 is 11.8 Å². The Kier molecular flexibility index (Phi) is 6.23. The molecule has 6 nitrogen and oxygen atoms in total. The van der Waals surface area contributed by atoms with Crippen LogP contribution in [0.15, 0.2) is 77.0 Å². The number of benzene rings is 2. The lowest BCUT2D eigenvalue weighted by Crippen LogP contribution is -2.32. The second-order valence-electron chi connectivity index (χ2n) is 7.02. The number of hydrogen-bond donors (Lipinski definition) is 0. The quantitative estimate of drug-likeness (QED) is 0.278. The highest BCUT2D eigenvalue weighted by atomic mass is 32.2. The molecule has 158 valence electrons. The highest BCUT2D eigenvalue weighted by Gasteiger charge is 2.20. The van der Waals surface area contributed by atoms with Gasteiger partial charge in [-0.1, -0.05) is 54.2 Å². The molecule has 4 rings (SSSR count). The molecule has 4 aromatic rings. The summed E-state index contributed by atoms with van der Waals surface area (Å²) < 4.78 is 7.37. The lowest BCUT2D eigenvalue weighted by atomic mass is 10.1. The first kappa shape index (κ1) is 20.9. The lowest BCUT2D eigenvalue weighted by molar-refractivity contribution is -0.116. The number of furan rings is 1. The predicted octanol–water partition coefficient (Wildman–Crippen LogP) is 5.33. The number of amides is 1. The highest BCUT2D eigenvalue weighted by molar-refractivity contribution is 7.99. The minimum absolute atomic E-state index is 0.0260. The molecule has 7 heteroatoms. The van der Waals surface area contributed by atoms with Crippen molar-refractivity contribution in [3.8, 4) is 11.4 Å². The Bertz CT molecular complexity index is 1220. The Morgan fingerprint density at radius 2 is 2.00 bits per heavy atom. The third kappa shape index (κ3) is 4.14. The third-order valence-electron chi connectivity index (χ3n) is 5.13. The molecule has 0 radical (unpaired) electrons. The van der Waals surface area contributed by atoms with Crippen LogP contribution in [0.1, 0.15) is 12.7 Å². The van der Waals surface area contributed by atoms with Gasteiger partial charge in [0.1, 0.15) is 5.76 Å². The van der Waals surface area contributed by atoms with E-state index in [2.05, 4.69) is 28.9 Å². The molecule has 0 N–H and O–H groups in total. The standard InChI is InChI=1S/C24H24N4O2S/c1-4-14-28-23(19-13-15-30-17(19)3)25-26-24(28)31-16-22(29)27(5-2)21-12-8-10-18-9-6-7-11-20(18)21/h4,6-13,15H,1,5,14,16H2,2-3H3. The Hall–Kier alpha value is -3.32. The van der Waals surface area contributed by atoms with Gasteiger partial charge in [0.15, 0.2) is 11.0 Å². The van der Waals surface area contributed by atoms with Crippen molar-refractivity contribution in [3.63, 3.8) is 0 Å². The summed E-state index contributed by atoms with van der Waals surface area (Å²) in [6, 6.07) is 16.0.